The molecule has 3 aromatic carbocycles. The molecule has 37 heavy (non-hydrogen) atoms. The molecule has 0 aromatic heterocycles. The number of hydrogen-bond donors (Lipinski definition) is 0. The monoisotopic (exact) mass is 512 g/mol. The SMILES string of the molecule is CC(C)CC(C#CCCO[Si](c1ccccc1)(c1ccccc1)C(C)(C)C)N(Cc1ccccc1)N=O. The predicted octanol–water partition coefficient (Wildman–Crippen LogP) is 6.55. The van der Waals surface area contributed by atoms with Crippen molar-refractivity contribution >= 4 is 18.7 Å². The average molecular weight is 513 g/mol. The second kappa shape index (κ2) is 13.4. The third-order valence-electron chi connectivity index (χ3n) is 6.58. The second-order valence-corrected chi connectivity index (χ2v) is 15.2. The Morgan fingerprint density at radius 1 is 0.865 bits per heavy atom. The van der Waals surface area contributed by atoms with E-state index in [9.17, 15) is 4.91 Å². The fraction of sp³-hybridized carbons (Fsp3) is 0.375. The van der Waals surface area contributed by atoms with Gasteiger partial charge >= 0.3 is 0 Å². The number of nitrogens with zero attached hydrogens (tertiary/aromatic N) is 2. The molecule has 0 N–H and O–H groups in total. The van der Waals surface area contributed by atoms with Gasteiger partial charge in [-0.3, -0.25) is 0 Å². The second-order valence-electron chi connectivity index (χ2n) is 10.9. The minimum absolute atomic E-state index is 0.0722. The van der Waals surface area contributed by atoms with Gasteiger partial charge in [0, 0.05) is 13.0 Å². The zero-order chi connectivity index (χ0) is 26.7. The van der Waals surface area contributed by atoms with E-state index in [1.807, 2.05) is 30.3 Å². The van der Waals surface area contributed by atoms with Crippen LogP contribution in [0.15, 0.2) is 96.3 Å². The van der Waals surface area contributed by atoms with Gasteiger partial charge in [0.05, 0.1) is 11.8 Å². The summed E-state index contributed by atoms with van der Waals surface area (Å²) in [6.07, 6.45) is 1.37. The Hall–Kier alpha value is -3.20. The largest absolute Gasteiger partial charge is 0.406 e. The molecule has 194 valence electrons. The van der Waals surface area contributed by atoms with E-state index < -0.39 is 8.32 Å². The first-order valence-electron chi connectivity index (χ1n) is 13.1. The fourth-order valence-corrected chi connectivity index (χ4v) is 9.44. The Balaban J connectivity index is 1.81. The van der Waals surface area contributed by atoms with Crippen LogP contribution >= 0.6 is 0 Å². The average Bonchev–Trinajstić information content (AvgIpc) is 2.89. The number of rotatable bonds is 11. The summed E-state index contributed by atoms with van der Waals surface area (Å²) in [7, 11) is -2.58. The van der Waals surface area contributed by atoms with Crippen LogP contribution in [-0.2, 0) is 11.0 Å². The molecular weight excluding hydrogens is 472 g/mol. The van der Waals surface area contributed by atoms with Crippen LogP contribution in [0.5, 0.6) is 0 Å². The molecule has 0 fully saturated rings. The van der Waals surface area contributed by atoms with Crippen molar-refractivity contribution in [3.05, 3.63) is 101 Å². The summed E-state index contributed by atoms with van der Waals surface area (Å²) in [6.45, 7) is 12.1. The van der Waals surface area contributed by atoms with Crippen molar-refractivity contribution in [1.82, 2.24) is 5.01 Å². The maximum Gasteiger partial charge on any atom is 0.261 e. The summed E-state index contributed by atoms with van der Waals surface area (Å²) in [4.78, 5) is 11.8. The van der Waals surface area contributed by atoms with Crippen LogP contribution in [0.4, 0.5) is 0 Å². The molecular formula is C32H40N2O2Si. The Labute approximate surface area is 224 Å². The van der Waals surface area contributed by atoms with Gasteiger partial charge in [-0.25, -0.2) is 5.01 Å². The third kappa shape index (κ3) is 7.41. The van der Waals surface area contributed by atoms with Crippen molar-refractivity contribution in [2.24, 2.45) is 11.2 Å². The van der Waals surface area contributed by atoms with Gasteiger partial charge in [0.25, 0.3) is 8.32 Å². The zero-order valence-corrected chi connectivity index (χ0v) is 23.9. The molecule has 0 saturated carbocycles. The van der Waals surface area contributed by atoms with Gasteiger partial charge in [-0.05, 0) is 33.3 Å². The van der Waals surface area contributed by atoms with E-state index in [0.717, 1.165) is 12.0 Å². The Morgan fingerprint density at radius 3 is 1.84 bits per heavy atom. The standard InChI is InChI=1S/C32H40N2O2Si/c1-27(2)25-29(34(33-35)26-28-17-9-6-10-18-28)19-15-16-24-36-37(32(3,4)5,30-20-11-7-12-21-30)31-22-13-8-14-23-31/h6-14,17-18,20-23,27,29H,16,24-26H2,1-5H3. The molecule has 4 nitrogen and oxygen atoms in total. The van der Waals surface area contributed by atoms with Crippen LogP contribution in [0.1, 0.15) is 53.0 Å². The van der Waals surface area contributed by atoms with Crippen molar-refractivity contribution < 1.29 is 4.43 Å². The minimum Gasteiger partial charge on any atom is -0.406 e. The smallest absolute Gasteiger partial charge is 0.261 e. The molecule has 0 bridgehead atoms. The molecule has 0 aliphatic heterocycles. The number of nitroso groups, excluding NO2 is 1. The molecule has 0 aliphatic carbocycles. The van der Waals surface area contributed by atoms with E-state index in [-0.39, 0.29) is 11.1 Å². The summed E-state index contributed by atoms with van der Waals surface area (Å²) in [5.74, 6) is 7.07. The molecule has 0 heterocycles. The first kappa shape index (κ1) is 28.4. The summed E-state index contributed by atoms with van der Waals surface area (Å²) < 4.78 is 6.95. The van der Waals surface area contributed by atoms with Crippen LogP contribution < -0.4 is 10.4 Å². The Bertz CT molecular complexity index is 1110. The topological polar surface area (TPSA) is 41.9 Å². The summed E-state index contributed by atoms with van der Waals surface area (Å²) >= 11 is 0. The first-order chi connectivity index (χ1) is 17.8. The van der Waals surface area contributed by atoms with E-state index >= 15 is 0 Å². The highest BCUT2D eigenvalue weighted by Gasteiger charge is 2.49. The van der Waals surface area contributed by atoms with Crippen molar-refractivity contribution in [3.63, 3.8) is 0 Å². The maximum atomic E-state index is 11.8. The summed E-state index contributed by atoms with van der Waals surface area (Å²) in [6, 6.07) is 31.0. The third-order valence-corrected chi connectivity index (χ3v) is 11.6. The van der Waals surface area contributed by atoms with Crippen molar-refractivity contribution in [3.8, 4) is 11.8 Å². The quantitative estimate of drug-likeness (QED) is 0.0961. The first-order valence-corrected chi connectivity index (χ1v) is 15.1. The fourth-order valence-electron chi connectivity index (χ4n) is 4.87. The van der Waals surface area contributed by atoms with Gasteiger partial charge in [-0.1, -0.05) is 137 Å². The van der Waals surface area contributed by atoms with E-state index in [1.54, 1.807) is 5.01 Å². The van der Waals surface area contributed by atoms with Crippen LogP contribution in [0.3, 0.4) is 0 Å². The molecule has 1 unspecified atom stereocenters. The molecule has 1 atom stereocenters. The highest BCUT2D eigenvalue weighted by atomic mass is 28.4. The normalized spacial score (nSPS) is 12.5. The van der Waals surface area contributed by atoms with E-state index in [1.165, 1.54) is 10.4 Å². The van der Waals surface area contributed by atoms with Crippen molar-refractivity contribution in [2.45, 2.75) is 65.1 Å². The van der Waals surface area contributed by atoms with Gasteiger partial charge in [0.1, 0.15) is 6.04 Å². The highest BCUT2D eigenvalue weighted by Crippen LogP contribution is 2.36. The molecule has 5 heteroatoms. The van der Waals surface area contributed by atoms with Crippen LogP contribution in [-0.4, -0.2) is 26.0 Å². The maximum absolute atomic E-state index is 11.8. The zero-order valence-electron chi connectivity index (χ0n) is 22.9. The Kier molecular flexibility index (Phi) is 10.3. The summed E-state index contributed by atoms with van der Waals surface area (Å²) in [5.41, 5.74) is 1.05. The lowest BCUT2D eigenvalue weighted by Crippen LogP contribution is -2.66. The molecule has 0 spiro atoms. The van der Waals surface area contributed by atoms with Gasteiger partial charge < -0.3 is 4.43 Å². The van der Waals surface area contributed by atoms with Crippen molar-refractivity contribution in [1.29, 1.82) is 0 Å². The predicted molar refractivity (Wildman–Crippen MR) is 157 cm³/mol. The number of hydrogen-bond acceptors (Lipinski definition) is 3. The Morgan fingerprint density at radius 2 is 1.38 bits per heavy atom. The van der Waals surface area contributed by atoms with E-state index in [2.05, 4.69) is 112 Å². The van der Waals surface area contributed by atoms with Gasteiger partial charge in [0.2, 0.25) is 0 Å². The highest BCUT2D eigenvalue weighted by molar-refractivity contribution is 6.99. The van der Waals surface area contributed by atoms with E-state index in [4.69, 9.17) is 4.43 Å². The van der Waals surface area contributed by atoms with E-state index in [0.29, 0.717) is 25.5 Å². The lowest BCUT2D eigenvalue weighted by atomic mass is 10.0. The van der Waals surface area contributed by atoms with Crippen LogP contribution in [0.25, 0.3) is 0 Å². The van der Waals surface area contributed by atoms with Crippen LogP contribution in [0, 0.1) is 22.7 Å². The number of benzene rings is 3. The summed E-state index contributed by atoms with van der Waals surface area (Å²) in [5, 5.41) is 7.37. The molecule has 3 rings (SSSR count). The van der Waals surface area contributed by atoms with Crippen LogP contribution in [0.2, 0.25) is 5.04 Å². The van der Waals surface area contributed by atoms with Crippen molar-refractivity contribution in [2.75, 3.05) is 6.61 Å². The van der Waals surface area contributed by atoms with Gasteiger partial charge in [0.15, 0.2) is 0 Å². The molecule has 0 aliphatic rings. The van der Waals surface area contributed by atoms with Gasteiger partial charge in [-0.15, -0.1) is 4.91 Å². The lowest BCUT2D eigenvalue weighted by Gasteiger charge is -2.43. The molecule has 0 saturated heterocycles. The molecule has 0 radical (unpaired) electrons. The minimum atomic E-state index is -2.58. The lowest BCUT2D eigenvalue weighted by molar-refractivity contribution is 0.210. The van der Waals surface area contributed by atoms with Gasteiger partial charge in [-0.2, -0.15) is 0 Å². The molecule has 0 amide bonds. The molecule has 3 aromatic rings.